The van der Waals surface area contributed by atoms with E-state index >= 15 is 0 Å². The van der Waals surface area contributed by atoms with Gasteiger partial charge in [0.2, 0.25) is 0 Å². The predicted octanol–water partition coefficient (Wildman–Crippen LogP) is 1.73. The molecule has 0 saturated carbocycles. The molecule has 2 aliphatic heterocycles. The monoisotopic (exact) mass is 277 g/mol. The molecule has 20 heavy (non-hydrogen) atoms. The Morgan fingerprint density at radius 2 is 1.95 bits per heavy atom. The third-order valence-corrected chi connectivity index (χ3v) is 4.81. The van der Waals surface area contributed by atoms with E-state index in [-0.39, 0.29) is 6.04 Å². The van der Waals surface area contributed by atoms with Crippen molar-refractivity contribution in [2.75, 3.05) is 13.1 Å². The predicted molar refractivity (Wildman–Crippen MR) is 79.3 cm³/mol. The number of aromatic nitrogens is 3. The Labute approximate surface area is 121 Å². The average molecular weight is 277 g/mol. The van der Waals surface area contributed by atoms with Gasteiger partial charge in [-0.3, -0.25) is 0 Å². The van der Waals surface area contributed by atoms with E-state index in [2.05, 4.69) is 23.8 Å². The lowest BCUT2D eigenvalue weighted by atomic mass is 9.92. The molecule has 1 aromatic heterocycles. The fourth-order valence-corrected chi connectivity index (χ4v) is 3.45. The number of nitrogens with zero attached hydrogens (tertiary/aromatic N) is 4. The maximum Gasteiger partial charge on any atom is 0.151 e. The average Bonchev–Trinajstić information content (AvgIpc) is 2.83. The summed E-state index contributed by atoms with van der Waals surface area (Å²) in [5.74, 6) is 2.76. The summed E-state index contributed by atoms with van der Waals surface area (Å²) in [6, 6.07) is 0.764. The fourth-order valence-electron chi connectivity index (χ4n) is 3.45. The summed E-state index contributed by atoms with van der Waals surface area (Å²) in [6.07, 6.45) is 5.75. The van der Waals surface area contributed by atoms with Crippen LogP contribution in [0.1, 0.15) is 57.2 Å². The second-order valence-electron chi connectivity index (χ2n) is 6.64. The van der Waals surface area contributed by atoms with Crippen LogP contribution in [0.3, 0.4) is 0 Å². The molecule has 0 aliphatic carbocycles. The molecule has 1 atom stereocenters. The molecule has 2 N–H and O–H groups in total. The van der Waals surface area contributed by atoms with E-state index in [1.165, 1.54) is 25.9 Å². The smallest absolute Gasteiger partial charge is 0.151 e. The minimum atomic E-state index is 0.0905. The van der Waals surface area contributed by atoms with Crippen LogP contribution in [0, 0.1) is 5.92 Å². The number of rotatable bonds is 3. The molecule has 0 amide bonds. The molecular weight excluding hydrogens is 250 g/mol. The van der Waals surface area contributed by atoms with Crippen molar-refractivity contribution in [2.45, 2.75) is 64.6 Å². The maximum atomic E-state index is 6.11. The summed E-state index contributed by atoms with van der Waals surface area (Å²) in [5, 5.41) is 4.66. The van der Waals surface area contributed by atoms with Gasteiger partial charge in [-0.1, -0.05) is 0 Å². The molecule has 0 bridgehead atoms. The topological polar surface area (TPSA) is 60.0 Å². The summed E-state index contributed by atoms with van der Waals surface area (Å²) < 4.78 is 2.03. The highest BCUT2D eigenvalue weighted by atomic mass is 15.4. The van der Waals surface area contributed by atoms with E-state index in [9.17, 15) is 0 Å². The molecular formula is C15H27N5. The Kier molecular flexibility index (Phi) is 4.08. The van der Waals surface area contributed by atoms with Crippen molar-refractivity contribution >= 4 is 0 Å². The fraction of sp³-hybridized carbons (Fsp3) is 0.867. The lowest BCUT2D eigenvalue weighted by Gasteiger charge is -2.34. The maximum absolute atomic E-state index is 6.11. The molecule has 3 heterocycles. The first kappa shape index (κ1) is 14.0. The van der Waals surface area contributed by atoms with E-state index in [4.69, 9.17) is 10.7 Å². The van der Waals surface area contributed by atoms with Gasteiger partial charge in [-0.15, -0.1) is 0 Å². The third kappa shape index (κ3) is 2.88. The second kappa shape index (κ2) is 5.82. The van der Waals surface area contributed by atoms with Gasteiger partial charge in [-0.05, 0) is 58.5 Å². The second-order valence-corrected chi connectivity index (χ2v) is 6.64. The van der Waals surface area contributed by atoms with E-state index < -0.39 is 0 Å². The highest BCUT2D eigenvalue weighted by Crippen LogP contribution is 2.24. The minimum Gasteiger partial charge on any atom is -0.321 e. The third-order valence-electron chi connectivity index (χ3n) is 4.81. The van der Waals surface area contributed by atoms with Crippen molar-refractivity contribution in [1.82, 2.24) is 19.7 Å². The van der Waals surface area contributed by atoms with Gasteiger partial charge in [-0.2, -0.15) is 5.10 Å². The van der Waals surface area contributed by atoms with Crippen LogP contribution < -0.4 is 5.73 Å². The van der Waals surface area contributed by atoms with Gasteiger partial charge in [0.25, 0.3) is 0 Å². The zero-order valence-corrected chi connectivity index (χ0v) is 12.8. The van der Waals surface area contributed by atoms with E-state index in [1.807, 2.05) is 4.68 Å². The zero-order chi connectivity index (χ0) is 14.1. The Balaban J connectivity index is 1.59. The first-order valence-electron chi connectivity index (χ1n) is 8.06. The molecule has 0 aromatic carbocycles. The molecule has 1 unspecified atom stereocenters. The molecule has 5 nitrogen and oxygen atoms in total. The van der Waals surface area contributed by atoms with Crippen molar-refractivity contribution in [1.29, 1.82) is 0 Å². The van der Waals surface area contributed by atoms with Crippen molar-refractivity contribution < 1.29 is 0 Å². The Morgan fingerprint density at radius 3 is 2.60 bits per heavy atom. The first-order chi connectivity index (χ1) is 9.63. The molecule has 0 spiro atoms. The van der Waals surface area contributed by atoms with Gasteiger partial charge < -0.3 is 10.6 Å². The number of nitrogens with two attached hydrogens (primary N) is 1. The van der Waals surface area contributed by atoms with Crippen molar-refractivity contribution in [2.24, 2.45) is 11.7 Å². The van der Waals surface area contributed by atoms with Gasteiger partial charge in [-0.25, -0.2) is 9.67 Å². The summed E-state index contributed by atoms with van der Waals surface area (Å²) in [4.78, 5) is 7.26. The standard InChI is InChI=1S/C15H27N5/c1-11(2)19-8-5-12(6-9-19)10-14-17-15-13(16)4-3-7-20(15)18-14/h11-13H,3-10,16H2,1-2H3. The number of likely N-dealkylation sites (tertiary alicyclic amines) is 1. The Bertz CT molecular complexity index is 445. The number of fused-ring (bicyclic) bond motifs is 1. The SMILES string of the molecule is CC(C)N1CCC(Cc2nc3n(n2)CCCC3N)CC1. The van der Waals surface area contributed by atoms with Crippen LogP contribution in [-0.2, 0) is 13.0 Å². The van der Waals surface area contributed by atoms with Crippen molar-refractivity contribution in [3.63, 3.8) is 0 Å². The molecule has 112 valence electrons. The van der Waals surface area contributed by atoms with Crippen LogP contribution in [0.15, 0.2) is 0 Å². The summed E-state index contributed by atoms with van der Waals surface area (Å²) in [7, 11) is 0. The van der Waals surface area contributed by atoms with E-state index in [0.29, 0.717) is 6.04 Å². The number of hydrogen-bond acceptors (Lipinski definition) is 4. The van der Waals surface area contributed by atoms with Crippen LogP contribution in [0.4, 0.5) is 0 Å². The molecule has 0 radical (unpaired) electrons. The normalized spacial score (nSPS) is 25.1. The van der Waals surface area contributed by atoms with Gasteiger partial charge in [0.1, 0.15) is 5.82 Å². The van der Waals surface area contributed by atoms with Gasteiger partial charge in [0.05, 0.1) is 6.04 Å². The van der Waals surface area contributed by atoms with Crippen LogP contribution in [0.2, 0.25) is 0 Å². The van der Waals surface area contributed by atoms with Gasteiger partial charge >= 0.3 is 0 Å². The van der Waals surface area contributed by atoms with Crippen LogP contribution in [0.25, 0.3) is 0 Å². The first-order valence-corrected chi connectivity index (χ1v) is 8.06. The van der Waals surface area contributed by atoms with Crippen molar-refractivity contribution in [3.05, 3.63) is 11.6 Å². The molecule has 5 heteroatoms. The molecule has 1 aromatic rings. The summed E-state index contributed by atoms with van der Waals surface area (Å²) >= 11 is 0. The summed E-state index contributed by atoms with van der Waals surface area (Å²) in [5.41, 5.74) is 6.11. The van der Waals surface area contributed by atoms with Crippen molar-refractivity contribution in [3.8, 4) is 0 Å². The lowest BCUT2D eigenvalue weighted by Crippen LogP contribution is -2.38. The molecule has 1 fully saturated rings. The minimum absolute atomic E-state index is 0.0905. The van der Waals surface area contributed by atoms with Crippen LogP contribution >= 0.6 is 0 Å². The largest absolute Gasteiger partial charge is 0.321 e. The highest BCUT2D eigenvalue weighted by molar-refractivity contribution is 5.02. The number of piperidine rings is 1. The summed E-state index contributed by atoms with van der Waals surface area (Å²) in [6.45, 7) is 7.99. The van der Waals surface area contributed by atoms with Gasteiger partial charge in [0.15, 0.2) is 5.82 Å². The van der Waals surface area contributed by atoms with E-state index in [1.54, 1.807) is 0 Å². The van der Waals surface area contributed by atoms with Gasteiger partial charge in [0, 0.05) is 19.0 Å². The Morgan fingerprint density at radius 1 is 1.20 bits per heavy atom. The highest BCUT2D eigenvalue weighted by Gasteiger charge is 2.25. The molecule has 2 aliphatic rings. The lowest BCUT2D eigenvalue weighted by molar-refractivity contribution is 0.148. The number of hydrogen-bond donors (Lipinski definition) is 1. The zero-order valence-electron chi connectivity index (χ0n) is 12.8. The Hall–Kier alpha value is -0.940. The van der Waals surface area contributed by atoms with Crippen LogP contribution in [0.5, 0.6) is 0 Å². The molecule has 3 rings (SSSR count). The number of aryl methyl sites for hydroxylation is 1. The van der Waals surface area contributed by atoms with E-state index in [0.717, 1.165) is 43.4 Å². The quantitative estimate of drug-likeness (QED) is 0.914. The van der Waals surface area contributed by atoms with Crippen LogP contribution in [-0.4, -0.2) is 38.8 Å². The molecule has 1 saturated heterocycles.